The van der Waals surface area contributed by atoms with Gasteiger partial charge < -0.3 is 10.1 Å². The van der Waals surface area contributed by atoms with E-state index in [1.807, 2.05) is 12.1 Å². The number of nitrogens with one attached hydrogen (secondary N) is 1. The van der Waals surface area contributed by atoms with E-state index in [2.05, 4.69) is 35.6 Å². The van der Waals surface area contributed by atoms with Gasteiger partial charge in [-0.3, -0.25) is 9.10 Å². The molecular formula is C24H28N2O4S. The molecule has 164 valence electrons. The SMILES string of the molecule is CC(Oc1ccc(N(C)S(C)(=O)=O)cc1)C(=O)NCCCc1cccc2ccccc12. The van der Waals surface area contributed by atoms with Crippen molar-refractivity contribution in [3.8, 4) is 5.75 Å². The van der Waals surface area contributed by atoms with Gasteiger partial charge in [0, 0.05) is 13.6 Å². The molecule has 31 heavy (non-hydrogen) atoms. The number of hydrogen-bond donors (Lipinski definition) is 1. The molecule has 0 spiro atoms. The Bertz CT molecular complexity index is 1140. The number of nitrogens with zero attached hydrogens (tertiary/aromatic N) is 1. The van der Waals surface area contributed by atoms with Crippen LogP contribution in [0.25, 0.3) is 10.8 Å². The van der Waals surface area contributed by atoms with Crippen LogP contribution in [0.2, 0.25) is 0 Å². The van der Waals surface area contributed by atoms with E-state index >= 15 is 0 Å². The summed E-state index contributed by atoms with van der Waals surface area (Å²) < 4.78 is 30.1. The van der Waals surface area contributed by atoms with Gasteiger partial charge in [-0.25, -0.2) is 8.42 Å². The molecule has 3 aromatic rings. The average molecular weight is 441 g/mol. The first kappa shape index (κ1) is 22.6. The van der Waals surface area contributed by atoms with Crippen molar-refractivity contribution < 1.29 is 17.9 Å². The van der Waals surface area contributed by atoms with Crippen LogP contribution in [-0.4, -0.2) is 40.3 Å². The van der Waals surface area contributed by atoms with Gasteiger partial charge in [-0.2, -0.15) is 0 Å². The summed E-state index contributed by atoms with van der Waals surface area (Å²) >= 11 is 0. The third-order valence-corrected chi connectivity index (χ3v) is 6.39. The van der Waals surface area contributed by atoms with Crippen molar-refractivity contribution in [3.05, 3.63) is 72.3 Å². The van der Waals surface area contributed by atoms with Crippen LogP contribution >= 0.6 is 0 Å². The molecule has 1 N–H and O–H groups in total. The van der Waals surface area contributed by atoms with Gasteiger partial charge in [-0.05, 0) is 60.4 Å². The number of aryl methyl sites for hydroxylation is 1. The standard InChI is InChI=1S/C24H28N2O4S/c1-18(30-22-15-13-21(14-16-22)26(2)31(3,28)29)24(27)25-17-7-11-20-10-6-9-19-8-4-5-12-23(19)20/h4-6,8-10,12-16,18H,7,11,17H2,1-3H3,(H,25,27). The van der Waals surface area contributed by atoms with Crippen molar-refractivity contribution in [3.63, 3.8) is 0 Å². The number of carbonyl (C=O) groups excluding carboxylic acids is 1. The van der Waals surface area contributed by atoms with Crippen molar-refractivity contribution in [1.29, 1.82) is 0 Å². The quantitative estimate of drug-likeness (QED) is 0.514. The fourth-order valence-electron chi connectivity index (χ4n) is 3.33. The summed E-state index contributed by atoms with van der Waals surface area (Å²) in [5.41, 5.74) is 1.80. The highest BCUT2D eigenvalue weighted by Gasteiger charge is 2.15. The Morgan fingerprint density at radius 2 is 1.71 bits per heavy atom. The third-order valence-electron chi connectivity index (χ3n) is 5.18. The van der Waals surface area contributed by atoms with Gasteiger partial charge >= 0.3 is 0 Å². The average Bonchev–Trinajstić information content (AvgIpc) is 2.76. The highest BCUT2D eigenvalue weighted by Crippen LogP contribution is 2.21. The number of benzene rings is 3. The zero-order valence-electron chi connectivity index (χ0n) is 18.0. The minimum Gasteiger partial charge on any atom is -0.481 e. The number of rotatable bonds is 9. The number of fused-ring (bicyclic) bond motifs is 1. The first-order valence-electron chi connectivity index (χ1n) is 10.2. The van der Waals surface area contributed by atoms with E-state index in [0.29, 0.717) is 18.0 Å². The Kier molecular flexibility index (Phi) is 7.17. The van der Waals surface area contributed by atoms with Gasteiger partial charge in [0.25, 0.3) is 5.91 Å². The van der Waals surface area contributed by atoms with Gasteiger partial charge in [0.2, 0.25) is 10.0 Å². The zero-order valence-corrected chi connectivity index (χ0v) is 18.9. The lowest BCUT2D eigenvalue weighted by Gasteiger charge is -2.18. The molecule has 0 aliphatic heterocycles. The van der Waals surface area contributed by atoms with Crippen molar-refractivity contribution in [2.24, 2.45) is 0 Å². The number of sulfonamides is 1. The summed E-state index contributed by atoms with van der Waals surface area (Å²) in [5.74, 6) is 0.319. The lowest BCUT2D eigenvalue weighted by atomic mass is 10.0. The van der Waals surface area contributed by atoms with Crippen LogP contribution in [0.1, 0.15) is 18.9 Å². The second kappa shape index (κ2) is 9.83. The second-order valence-electron chi connectivity index (χ2n) is 7.52. The molecule has 0 aromatic heterocycles. The van der Waals surface area contributed by atoms with Crippen LogP contribution in [0.3, 0.4) is 0 Å². The Morgan fingerprint density at radius 3 is 2.42 bits per heavy atom. The van der Waals surface area contributed by atoms with E-state index in [0.717, 1.165) is 19.1 Å². The minimum absolute atomic E-state index is 0.185. The lowest BCUT2D eigenvalue weighted by Crippen LogP contribution is -2.36. The van der Waals surface area contributed by atoms with E-state index in [-0.39, 0.29) is 5.91 Å². The van der Waals surface area contributed by atoms with Crippen molar-refractivity contribution in [2.45, 2.75) is 25.9 Å². The number of hydrogen-bond acceptors (Lipinski definition) is 4. The lowest BCUT2D eigenvalue weighted by molar-refractivity contribution is -0.127. The Labute approximate surface area is 183 Å². The molecule has 0 bridgehead atoms. The van der Waals surface area contributed by atoms with E-state index in [4.69, 9.17) is 4.74 Å². The molecule has 1 amide bonds. The molecule has 3 rings (SSSR count). The van der Waals surface area contributed by atoms with E-state index in [1.54, 1.807) is 31.2 Å². The van der Waals surface area contributed by atoms with Crippen LogP contribution in [0.15, 0.2) is 66.7 Å². The molecule has 3 aromatic carbocycles. The first-order valence-corrected chi connectivity index (χ1v) is 12.1. The fraction of sp³-hybridized carbons (Fsp3) is 0.292. The van der Waals surface area contributed by atoms with Crippen molar-refractivity contribution in [1.82, 2.24) is 5.32 Å². The second-order valence-corrected chi connectivity index (χ2v) is 9.53. The summed E-state index contributed by atoms with van der Waals surface area (Å²) in [6.45, 7) is 2.25. The molecule has 0 fully saturated rings. The normalized spacial score (nSPS) is 12.4. The van der Waals surface area contributed by atoms with Crippen molar-refractivity contribution >= 4 is 32.4 Å². The summed E-state index contributed by atoms with van der Waals surface area (Å²) in [6, 6.07) is 21.2. The minimum atomic E-state index is -3.32. The van der Waals surface area contributed by atoms with Gasteiger partial charge in [0.15, 0.2) is 6.10 Å². The highest BCUT2D eigenvalue weighted by atomic mass is 32.2. The monoisotopic (exact) mass is 440 g/mol. The Hall–Kier alpha value is -3.06. The molecule has 1 unspecified atom stereocenters. The summed E-state index contributed by atoms with van der Waals surface area (Å²) in [5, 5.41) is 5.39. The largest absolute Gasteiger partial charge is 0.481 e. The van der Waals surface area contributed by atoms with Gasteiger partial charge in [-0.15, -0.1) is 0 Å². The zero-order chi connectivity index (χ0) is 22.4. The molecule has 0 saturated carbocycles. The van der Waals surface area contributed by atoms with Crippen LogP contribution in [0, 0.1) is 0 Å². The summed E-state index contributed by atoms with van der Waals surface area (Å²) in [7, 11) is -1.84. The first-order chi connectivity index (χ1) is 14.8. The maximum Gasteiger partial charge on any atom is 0.260 e. The molecule has 1 atom stereocenters. The molecule has 0 radical (unpaired) electrons. The summed E-state index contributed by atoms with van der Waals surface area (Å²) in [4.78, 5) is 12.4. The maximum atomic E-state index is 12.4. The van der Waals surface area contributed by atoms with E-state index < -0.39 is 16.1 Å². The predicted molar refractivity (Wildman–Crippen MR) is 125 cm³/mol. The third kappa shape index (κ3) is 5.98. The topological polar surface area (TPSA) is 75.7 Å². The van der Waals surface area contributed by atoms with Crippen molar-refractivity contribution in [2.75, 3.05) is 24.2 Å². The van der Waals surface area contributed by atoms with Gasteiger partial charge in [-0.1, -0.05) is 42.5 Å². The highest BCUT2D eigenvalue weighted by molar-refractivity contribution is 7.92. The summed E-state index contributed by atoms with van der Waals surface area (Å²) in [6.07, 6.45) is 2.20. The van der Waals surface area contributed by atoms with Gasteiger partial charge in [0.05, 0.1) is 11.9 Å². The molecule has 0 heterocycles. The van der Waals surface area contributed by atoms with Crippen LogP contribution in [-0.2, 0) is 21.2 Å². The fourth-order valence-corrected chi connectivity index (χ4v) is 3.83. The number of ether oxygens (including phenoxy) is 1. The molecule has 6 nitrogen and oxygen atoms in total. The molecule has 0 aliphatic rings. The van der Waals surface area contributed by atoms with E-state index in [9.17, 15) is 13.2 Å². The van der Waals surface area contributed by atoms with Crippen LogP contribution < -0.4 is 14.4 Å². The number of anilines is 1. The van der Waals surface area contributed by atoms with E-state index in [1.165, 1.54) is 27.7 Å². The smallest absolute Gasteiger partial charge is 0.260 e. The number of carbonyl (C=O) groups is 1. The molecule has 7 heteroatoms. The van der Waals surface area contributed by atoms with Crippen LogP contribution in [0.4, 0.5) is 5.69 Å². The predicted octanol–water partition coefficient (Wildman–Crippen LogP) is 3.75. The molecular weight excluding hydrogens is 412 g/mol. The van der Waals surface area contributed by atoms with Crippen LogP contribution in [0.5, 0.6) is 5.75 Å². The maximum absolute atomic E-state index is 12.4. The van der Waals surface area contributed by atoms with Gasteiger partial charge in [0.1, 0.15) is 5.75 Å². The Morgan fingerprint density at radius 1 is 1.03 bits per heavy atom. The Balaban J connectivity index is 1.47. The molecule has 0 aliphatic carbocycles. The number of amides is 1. The molecule has 0 saturated heterocycles.